The molecule has 0 spiro atoms. The molecule has 1 aromatic heterocycles. The van der Waals surface area contributed by atoms with Gasteiger partial charge in [0.05, 0.1) is 5.69 Å². The van der Waals surface area contributed by atoms with Crippen molar-refractivity contribution in [2.75, 3.05) is 5.32 Å². The van der Waals surface area contributed by atoms with Crippen LogP contribution in [0.2, 0.25) is 0 Å². The molecular formula is C17H20FN3O3. The second kappa shape index (κ2) is 7.25. The summed E-state index contributed by atoms with van der Waals surface area (Å²) in [4.78, 5) is 28.5. The lowest BCUT2D eigenvalue weighted by molar-refractivity contribution is -0.117. The Morgan fingerprint density at radius 2 is 2.04 bits per heavy atom. The number of nitrogens with one attached hydrogen (secondary N) is 2. The van der Waals surface area contributed by atoms with Gasteiger partial charge in [0.25, 0.3) is 5.91 Å². The van der Waals surface area contributed by atoms with Crippen LogP contribution in [0.5, 0.6) is 0 Å². The van der Waals surface area contributed by atoms with E-state index in [0.717, 1.165) is 0 Å². The number of halogens is 1. The number of oxazole rings is 1. The van der Waals surface area contributed by atoms with Gasteiger partial charge in [0.15, 0.2) is 5.89 Å². The van der Waals surface area contributed by atoms with Crippen LogP contribution >= 0.6 is 0 Å². The van der Waals surface area contributed by atoms with Crippen molar-refractivity contribution < 1.29 is 18.4 Å². The maximum Gasteiger partial charge on any atom is 0.289 e. The number of aromatic nitrogens is 1. The highest BCUT2D eigenvalue weighted by Gasteiger charge is 2.22. The Hall–Kier alpha value is -2.70. The topological polar surface area (TPSA) is 84.2 Å². The third-order valence-corrected chi connectivity index (χ3v) is 3.54. The van der Waals surface area contributed by atoms with Gasteiger partial charge in [0.1, 0.15) is 11.9 Å². The highest BCUT2D eigenvalue weighted by atomic mass is 19.1. The Labute approximate surface area is 139 Å². The molecule has 0 saturated carbocycles. The first-order chi connectivity index (χ1) is 11.3. The molecule has 1 heterocycles. The number of carbonyl (C=O) groups excluding carboxylic acids is 2. The van der Waals surface area contributed by atoms with E-state index in [9.17, 15) is 14.0 Å². The molecule has 0 saturated heterocycles. The maximum absolute atomic E-state index is 13.1. The minimum Gasteiger partial charge on any atom is -0.435 e. The largest absolute Gasteiger partial charge is 0.435 e. The molecule has 0 bridgehead atoms. The first-order valence-corrected chi connectivity index (χ1v) is 7.66. The van der Waals surface area contributed by atoms with Crippen LogP contribution in [-0.2, 0) is 11.2 Å². The molecule has 0 aliphatic carbocycles. The summed E-state index contributed by atoms with van der Waals surface area (Å²) >= 11 is 0. The Kier molecular flexibility index (Phi) is 5.33. The van der Waals surface area contributed by atoms with Crippen LogP contribution in [0.1, 0.15) is 41.6 Å². The Morgan fingerprint density at radius 3 is 2.62 bits per heavy atom. The van der Waals surface area contributed by atoms with Crippen molar-refractivity contribution in [2.24, 2.45) is 0 Å². The number of carbonyl (C=O) groups is 2. The number of amides is 2. The van der Waals surface area contributed by atoms with Gasteiger partial charge >= 0.3 is 0 Å². The predicted molar refractivity (Wildman–Crippen MR) is 87.3 cm³/mol. The molecule has 0 fully saturated rings. The van der Waals surface area contributed by atoms with Crippen LogP contribution in [0, 0.1) is 19.7 Å². The van der Waals surface area contributed by atoms with Crippen molar-refractivity contribution in [3.05, 3.63) is 46.9 Å². The second-order valence-electron chi connectivity index (χ2n) is 5.52. The molecule has 1 aromatic carbocycles. The summed E-state index contributed by atoms with van der Waals surface area (Å²) in [7, 11) is 0. The van der Waals surface area contributed by atoms with Crippen LogP contribution in [0.15, 0.2) is 22.6 Å². The van der Waals surface area contributed by atoms with Crippen molar-refractivity contribution in [3.8, 4) is 0 Å². The molecule has 0 unspecified atom stereocenters. The van der Waals surface area contributed by atoms with Crippen LogP contribution in [0.25, 0.3) is 0 Å². The van der Waals surface area contributed by atoms with Crippen LogP contribution < -0.4 is 10.6 Å². The second-order valence-corrected chi connectivity index (χ2v) is 5.52. The zero-order valence-electron chi connectivity index (χ0n) is 14.1. The average molecular weight is 333 g/mol. The Bertz CT molecular complexity index is 770. The Morgan fingerprint density at radius 1 is 1.33 bits per heavy atom. The molecular weight excluding hydrogens is 313 g/mol. The first-order valence-electron chi connectivity index (χ1n) is 7.66. The van der Waals surface area contributed by atoms with Crippen molar-refractivity contribution in [2.45, 2.75) is 40.2 Å². The molecule has 128 valence electrons. The third kappa shape index (κ3) is 3.98. The quantitative estimate of drug-likeness (QED) is 0.881. The van der Waals surface area contributed by atoms with E-state index in [1.165, 1.54) is 18.2 Å². The monoisotopic (exact) mass is 333 g/mol. The van der Waals surface area contributed by atoms with Gasteiger partial charge in [-0.15, -0.1) is 0 Å². The van der Waals surface area contributed by atoms with Gasteiger partial charge in [0, 0.05) is 12.1 Å². The summed E-state index contributed by atoms with van der Waals surface area (Å²) in [6, 6.07) is 3.26. The molecule has 2 aromatic rings. The Balaban J connectivity index is 2.02. The molecule has 1 atom stereocenters. The highest BCUT2D eigenvalue weighted by molar-refractivity contribution is 6.00. The summed E-state index contributed by atoms with van der Waals surface area (Å²) in [5.41, 5.74) is 1.57. The molecule has 7 heteroatoms. The molecule has 24 heavy (non-hydrogen) atoms. The van der Waals surface area contributed by atoms with Gasteiger partial charge in [-0.1, -0.05) is 6.92 Å². The number of hydrogen-bond acceptors (Lipinski definition) is 4. The van der Waals surface area contributed by atoms with Crippen molar-refractivity contribution >= 4 is 17.5 Å². The normalized spacial score (nSPS) is 11.9. The van der Waals surface area contributed by atoms with Gasteiger partial charge < -0.3 is 15.1 Å². The first kappa shape index (κ1) is 17.7. The predicted octanol–water partition coefficient (Wildman–Crippen LogP) is 2.75. The molecule has 0 radical (unpaired) electrons. The minimum absolute atomic E-state index is 0.101. The highest BCUT2D eigenvalue weighted by Crippen LogP contribution is 2.16. The smallest absolute Gasteiger partial charge is 0.289 e. The van der Waals surface area contributed by atoms with E-state index < -0.39 is 17.9 Å². The lowest BCUT2D eigenvalue weighted by Crippen LogP contribution is -2.41. The summed E-state index contributed by atoms with van der Waals surface area (Å²) in [5, 5.41) is 5.22. The number of benzene rings is 1. The SMILES string of the molecule is CCc1nc(C)c(C(=O)N[C@H](C)C(=O)Nc2ccc(F)cc2C)o1. The third-order valence-electron chi connectivity index (χ3n) is 3.54. The van der Waals surface area contributed by atoms with E-state index in [2.05, 4.69) is 15.6 Å². The van der Waals surface area contributed by atoms with E-state index in [1.54, 1.807) is 20.8 Å². The van der Waals surface area contributed by atoms with Gasteiger partial charge in [-0.25, -0.2) is 9.37 Å². The van der Waals surface area contributed by atoms with Crippen LogP contribution in [0.4, 0.5) is 10.1 Å². The van der Waals surface area contributed by atoms with Gasteiger partial charge in [0.2, 0.25) is 11.7 Å². The van der Waals surface area contributed by atoms with E-state index >= 15 is 0 Å². The summed E-state index contributed by atoms with van der Waals surface area (Å²) in [6.07, 6.45) is 0.577. The van der Waals surface area contributed by atoms with E-state index in [1.807, 2.05) is 6.92 Å². The zero-order valence-corrected chi connectivity index (χ0v) is 14.1. The number of hydrogen-bond donors (Lipinski definition) is 2. The van der Waals surface area contributed by atoms with E-state index in [0.29, 0.717) is 29.3 Å². The summed E-state index contributed by atoms with van der Waals surface area (Å²) in [6.45, 7) is 6.78. The number of aryl methyl sites for hydroxylation is 3. The minimum atomic E-state index is -0.795. The van der Waals surface area contributed by atoms with E-state index in [4.69, 9.17) is 4.42 Å². The van der Waals surface area contributed by atoms with Crippen LogP contribution in [-0.4, -0.2) is 22.8 Å². The van der Waals surface area contributed by atoms with Crippen molar-refractivity contribution in [3.63, 3.8) is 0 Å². The van der Waals surface area contributed by atoms with Crippen molar-refractivity contribution in [1.82, 2.24) is 10.3 Å². The number of rotatable bonds is 5. The summed E-state index contributed by atoms with van der Waals surface area (Å²) < 4.78 is 18.4. The lowest BCUT2D eigenvalue weighted by Gasteiger charge is -2.14. The number of anilines is 1. The fourth-order valence-electron chi connectivity index (χ4n) is 2.15. The molecule has 2 N–H and O–H groups in total. The summed E-state index contributed by atoms with van der Waals surface area (Å²) in [5.74, 6) is -0.718. The molecule has 2 amide bonds. The zero-order chi connectivity index (χ0) is 17.9. The van der Waals surface area contributed by atoms with Gasteiger partial charge in [-0.3, -0.25) is 9.59 Å². The molecule has 2 rings (SSSR count). The molecule has 6 nitrogen and oxygen atoms in total. The van der Waals surface area contributed by atoms with Gasteiger partial charge in [-0.05, 0) is 44.5 Å². The molecule has 0 aliphatic rings. The van der Waals surface area contributed by atoms with Crippen LogP contribution in [0.3, 0.4) is 0 Å². The molecule has 0 aliphatic heterocycles. The average Bonchev–Trinajstić information content (AvgIpc) is 2.91. The van der Waals surface area contributed by atoms with Gasteiger partial charge in [-0.2, -0.15) is 0 Å². The standard InChI is InChI=1S/C17H20FN3O3/c1-5-14-19-10(3)15(24-14)17(23)20-11(4)16(22)21-13-7-6-12(18)8-9(13)2/h6-8,11H,5H2,1-4H3,(H,20,23)(H,21,22)/t11-/m1/s1. The maximum atomic E-state index is 13.1. The number of nitrogens with zero attached hydrogens (tertiary/aromatic N) is 1. The van der Waals surface area contributed by atoms with E-state index in [-0.39, 0.29) is 11.6 Å². The fraction of sp³-hybridized carbons (Fsp3) is 0.353. The fourth-order valence-corrected chi connectivity index (χ4v) is 2.15. The lowest BCUT2D eigenvalue weighted by atomic mass is 10.2. The van der Waals surface area contributed by atoms with Crippen molar-refractivity contribution in [1.29, 1.82) is 0 Å².